The number of para-hydroxylation sites is 1. The molecule has 1 N–H and O–H groups in total. The lowest BCUT2D eigenvalue weighted by Crippen LogP contribution is -2.24. The van der Waals surface area contributed by atoms with Crippen molar-refractivity contribution in [2.45, 2.75) is 30.8 Å². The maximum absolute atomic E-state index is 12.6. The highest BCUT2D eigenvalue weighted by Crippen LogP contribution is 2.46. The Hall–Kier alpha value is -2.87. The molecule has 8 heteroatoms. The molecule has 1 aromatic carbocycles. The summed E-state index contributed by atoms with van der Waals surface area (Å²) in [6.45, 7) is 4.19. The number of allylic oxidation sites excluding steroid dienone is 2. The smallest absolute Gasteiger partial charge is 0.311 e. The van der Waals surface area contributed by atoms with Crippen LogP contribution in [0.25, 0.3) is 0 Å². The van der Waals surface area contributed by atoms with E-state index in [1.807, 2.05) is 30.1 Å². The number of hydrogen-bond acceptors (Lipinski definition) is 7. The van der Waals surface area contributed by atoms with Crippen LogP contribution in [0.15, 0.2) is 52.1 Å². The number of likely N-dealkylation sites (N-methyl/N-ethyl adjacent to an activating group) is 1. The molecule has 3 rings (SSSR count). The minimum atomic E-state index is -0.481. The van der Waals surface area contributed by atoms with Gasteiger partial charge >= 0.3 is 5.97 Å². The fraction of sp³-hybridized carbons (Fsp3) is 0.333. The highest BCUT2D eigenvalue weighted by Gasteiger charge is 2.38. The Morgan fingerprint density at radius 1 is 1.31 bits per heavy atom. The summed E-state index contributed by atoms with van der Waals surface area (Å²) in [7, 11) is 3.23. The second-order valence-electron chi connectivity index (χ2n) is 7.28. The van der Waals surface area contributed by atoms with Gasteiger partial charge in [-0.3, -0.25) is 14.4 Å². The van der Waals surface area contributed by atoms with Crippen LogP contribution >= 0.6 is 11.8 Å². The molecule has 0 saturated carbocycles. The Morgan fingerprint density at radius 3 is 2.72 bits per heavy atom. The van der Waals surface area contributed by atoms with Crippen molar-refractivity contribution in [3.63, 3.8) is 0 Å². The number of anilines is 1. The normalized spacial score (nSPS) is 16.0. The lowest BCUT2D eigenvalue weighted by Gasteiger charge is -2.23. The fourth-order valence-electron chi connectivity index (χ4n) is 3.45. The van der Waals surface area contributed by atoms with Gasteiger partial charge in [-0.25, -0.2) is 4.98 Å². The predicted molar refractivity (Wildman–Crippen MR) is 112 cm³/mol. The van der Waals surface area contributed by atoms with Crippen molar-refractivity contribution < 1.29 is 14.3 Å². The summed E-state index contributed by atoms with van der Waals surface area (Å²) in [5, 5.41) is 0.297. The minimum absolute atomic E-state index is 0.0845. The molecule has 1 aromatic heterocycles. The topological polar surface area (TPSA) is 92.4 Å². The van der Waals surface area contributed by atoms with Gasteiger partial charge in [0.1, 0.15) is 0 Å². The molecule has 0 spiro atoms. The van der Waals surface area contributed by atoms with Crippen LogP contribution in [-0.2, 0) is 26.2 Å². The highest BCUT2D eigenvalue weighted by molar-refractivity contribution is 7.99. The number of benzene rings is 1. The van der Waals surface area contributed by atoms with E-state index in [-0.39, 0.29) is 28.9 Å². The van der Waals surface area contributed by atoms with Crippen LogP contribution in [0, 0.1) is 0 Å². The number of thioether (sulfide) groups is 1. The highest BCUT2D eigenvalue weighted by atomic mass is 32.2. The molecule has 0 atom stereocenters. The second kappa shape index (κ2) is 8.24. The van der Waals surface area contributed by atoms with Gasteiger partial charge in [0.25, 0.3) is 5.56 Å². The van der Waals surface area contributed by atoms with Gasteiger partial charge in [-0.2, -0.15) is 0 Å². The Balaban J connectivity index is 1.74. The first-order chi connectivity index (χ1) is 13.7. The molecule has 0 saturated heterocycles. The molecule has 2 heterocycles. The predicted octanol–water partition coefficient (Wildman–Crippen LogP) is 2.46. The van der Waals surface area contributed by atoms with Gasteiger partial charge in [0.2, 0.25) is 0 Å². The SMILES string of the molecule is COC(=O)Cc1cc(=O)[nH]c(SCC(=O)/C=C2/N(C)c3ccccc3C2(C)C)n1. The molecule has 1 aliphatic heterocycles. The van der Waals surface area contributed by atoms with Crippen molar-refractivity contribution in [2.75, 3.05) is 24.8 Å². The van der Waals surface area contributed by atoms with Gasteiger partial charge in [-0.05, 0) is 11.6 Å². The maximum atomic E-state index is 12.6. The summed E-state index contributed by atoms with van der Waals surface area (Å²) in [4.78, 5) is 44.7. The van der Waals surface area contributed by atoms with E-state index in [4.69, 9.17) is 0 Å². The Labute approximate surface area is 173 Å². The number of ether oxygens (including phenoxy) is 1. The van der Waals surface area contributed by atoms with Crippen molar-refractivity contribution >= 4 is 29.2 Å². The summed E-state index contributed by atoms with van der Waals surface area (Å²) < 4.78 is 4.60. The maximum Gasteiger partial charge on any atom is 0.311 e. The Morgan fingerprint density at radius 2 is 2.03 bits per heavy atom. The largest absolute Gasteiger partial charge is 0.469 e. The van der Waals surface area contributed by atoms with Crippen LogP contribution < -0.4 is 10.5 Å². The zero-order valence-electron chi connectivity index (χ0n) is 16.8. The summed E-state index contributed by atoms with van der Waals surface area (Å²) in [6, 6.07) is 9.34. The first-order valence-corrected chi connectivity index (χ1v) is 10.1. The number of fused-ring (bicyclic) bond motifs is 1. The molecular weight excluding hydrogens is 390 g/mol. The molecule has 152 valence electrons. The monoisotopic (exact) mass is 413 g/mol. The van der Waals surface area contributed by atoms with Gasteiger partial charge in [0.05, 0.1) is 25.0 Å². The Bertz CT molecular complexity index is 1040. The van der Waals surface area contributed by atoms with Crippen molar-refractivity contribution in [3.05, 3.63) is 63.7 Å². The number of nitrogens with zero attached hydrogens (tertiary/aromatic N) is 2. The van der Waals surface area contributed by atoms with Gasteiger partial charge in [0, 0.05) is 36.0 Å². The van der Waals surface area contributed by atoms with E-state index in [0.29, 0.717) is 10.9 Å². The molecular formula is C21H23N3O4S. The number of methoxy groups -OCH3 is 1. The average Bonchev–Trinajstić information content (AvgIpc) is 2.87. The summed E-state index contributed by atoms with van der Waals surface area (Å²) in [5.41, 5.74) is 2.84. The molecule has 0 amide bonds. The number of rotatable bonds is 6. The molecule has 0 aliphatic carbocycles. The third-order valence-corrected chi connectivity index (χ3v) is 5.81. The zero-order valence-corrected chi connectivity index (χ0v) is 17.6. The number of hydrogen-bond donors (Lipinski definition) is 1. The quantitative estimate of drug-likeness (QED) is 0.337. The number of H-pyrrole nitrogens is 1. The Kier molecular flexibility index (Phi) is 5.93. The van der Waals surface area contributed by atoms with Crippen molar-refractivity contribution in [2.24, 2.45) is 0 Å². The molecule has 7 nitrogen and oxygen atoms in total. The molecule has 0 unspecified atom stereocenters. The molecule has 0 radical (unpaired) electrons. The van der Waals surface area contributed by atoms with Crippen LogP contribution in [0.5, 0.6) is 0 Å². The van der Waals surface area contributed by atoms with E-state index in [1.54, 1.807) is 6.08 Å². The van der Waals surface area contributed by atoms with Crippen molar-refractivity contribution in [1.29, 1.82) is 0 Å². The first-order valence-electron chi connectivity index (χ1n) is 9.10. The third kappa shape index (κ3) is 4.42. The average molecular weight is 413 g/mol. The van der Waals surface area contributed by atoms with Crippen LogP contribution in [0.3, 0.4) is 0 Å². The van der Waals surface area contributed by atoms with Gasteiger partial charge in [0.15, 0.2) is 10.9 Å². The first kappa shape index (κ1) is 20.9. The third-order valence-electron chi connectivity index (χ3n) is 4.92. The number of esters is 1. The molecule has 29 heavy (non-hydrogen) atoms. The van der Waals surface area contributed by atoms with Gasteiger partial charge in [-0.1, -0.05) is 43.8 Å². The van der Waals surface area contributed by atoms with Crippen molar-refractivity contribution in [1.82, 2.24) is 9.97 Å². The van der Waals surface area contributed by atoms with E-state index in [1.165, 1.54) is 18.7 Å². The van der Waals surface area contributed by atoms with Gasteiger partial charge < -0.3 is 14.6 Å². The van der Waals surface area contributed by atoms with E-state index in [9.17, 15) is 14.4 Å². The van der Waals surface area contributed by atoms with Crippen molar-refractivity contribution in [3.8, 4) is 0 Å². The lowest BCUT2D eigenvalue weighted by molar-refractivity contribution is -0.139. The number of aromatic nitrogens is 2. The van der Waals surface area contributed by atoms with Gasteiger partial charge in [-0.15, -0.1) is 0 Å². The summed E-state index contributed by atoms with van der Waals surface area (Å²) in [6.07, 6.45) is 1.56. The number of aromatic amines is 1. The zero-order chi connectivity index (χ0) is 21.2. The molecule has 0 bridgehead atoms. The number of ketones is 1. The van der Waals surface area contributed by atoms with Crippen LogP contribution in [0.1, 0.15) is 25.1 Å². The molecule has 0 fully saturated rings. The number of carbonyl (C=O) groups excluding carboxylic acids is 2. The molecule has 2 aromatic rings. The van der Waals surface area contributed by atoms with E-state index in [2.05, 4.69) is 34.6 Å². The van der Waals surface area contributed by atoms with E-state index >= 15 is 0 Å². The van der Waals surface area contributed by atoms with Crippen LogP contribution in [0.2, 0.25) is 0 Å². The standard InChI is InChI=1S/C21H23N3O4S/c1-21(2)15-7-5-6-8-16(15)24(3)17(21)11-14(25)12-29-20-22-13(9-18(26)23-20)10-19(27)28-4/h5-9,11H,10,12H2,1-4H3,(H,22,23,26)/b17-11+. The minimum Gasteiger partial charge on any atom is -0.469 e. The van der Waals surface area contributed by atoms with E-state index < -0.39 is 5.97 Å². The second-order valence-corrected chi connectivity index (χ2v) is 8.24. The molecule has 1 aliphatic rings. The number of carbonyl (C=O) groups is 2. The van der Waals surface area contributed by atoms with Crippen LogP contribution in [-0.4, -0.2) is 41.6 Å². The lowest BCUT2D eigenvalue weighted by atomic mass is 9.83. The summed E-state index contributed by atoms with van der Waals surface area (Å²) >= 11 is 1.13. The van der Waals surface area contributed by atoms with E-state index in [0.717, 1.165) is 23.1 Å². The number of nitrogens with one attached hydrogen (secondary N) is 1. The van der Waals surface area contributed by atoms with Crippen LogP contribution in [0.4, 0.5) is 5.69 Å². The summed E-state index contributed by atoms with van der Waals surface area (Å²) in [5.74, 6) is -0.446. The fourth-order valence-corrected chi connectivity index (χ4v) is 4.17.